The molecule has 0 saturated heterocycles. The molecule has 0 saturated carbocycles. The Bertz CT molecular complexity index is 1730. The summed E-state index contributed by atoms with van der Waals surface area (Å²) in [5.74, 6) is 0.830. The number of unbranched alkanes of at least 4 members (excludes halogenated alkanes) is 29. The first kappa shape index (κ1) is 85.1. The maximum atomic E-state index is 13.0. The molecule has 0 aliphatic rings. The van der Waals surface area contributed by atoms with Gasteiger partial charge in [-0.2, -0.15) is 0 Å². The molecule has 516 valence electrons. The van der Waals surface area contributed by atoms with Crippen molar-refractivity contribution >= 4 is 39.5 Å². The molecule has 19 heteroatoms. The summed E-state index contributed by atoms with van der Waals surface area (Å²) >= 11 is 0. The van der Waals surface area contributed by atoms with Crippen molar-refractivity contribution in [3.8, 4) is 0 Å². The van der Waals surface area contributed by atoms with Crippen LogP contribution in [0.4, 0.5) is 0 Å². The van der Waals surface area contributed by atoms with Crippen molar-refractivity contribution < 1.29 is 80.2 Å². The van der Waals surface area contributed by atoms with E-state index in [1.165, 1.54) is 122 Å². The first-order valence-corrected chi connectivity index (χ1v) is 38.3. The molecule has 0 aliphatic carbocycles. The second-order valence-corrected chi connectivity index (χ2v) is 28.9. The topological polar surface area (TPSA) is 237 Å². The third kappa shape index (κ3) is 60.1. The lowest BCUT2D eigenvalue weighted by atomic mass is 9.99. The van der Waals surface area contributed by atoms with E-state index in [9.17, 15) is 43.2 Å². The Hall–Kier alpha value is -1.94. The Balaban J connectivity index is 5.24. The average Bonchev–Trinajstić information content (AvgIpc) is 3.52. The molecule has 87 heavy (non-hydrogen) atoms. The van der Waals surface area contributed by atoms with Crippen LogP contribution < -0.4 is 0 Å². The van der Waals surface area contributed by atoms with Crippen molar-refractivity contribution in [2.45, 2.75) is 350 Å². The predicted octanol–water partition coefficient (Wildman–Crippen LogP) is 18.9. The molecular weight excluding hydrogens is 1150 g/mol. The fourth-order valence-corrected chi connectivity index (χ4v) is 11.7. The van der Waals surface area contributed by atoms with Gasteiger partial charge in [-0.05, 0) is 49.4 Å². The fourth-order valence-electron chi connectivity index (χ4n) is 10.1. The summed E-state index contributed by atoms with van der Waals surface area (Å²) in [4.78, 5) is 72.4. The van der Waals surface area contributed by atoms with Gasteiger partial charge >= 0.3 is 39.5 Å². The van der Waals surface area contributed by atoms with Crippen LogP contribution in [0.25, 0.3) is 0 Å². The van der Waals surface area contributed by atoms with Gasteiger partial charge in [-0.3, -0.25) is 37.3 Å². The third-order valence-corrected chi connectivity index (χ3v) is 18.2. The lowest BCUT2D eigenvalue weighted by molar-refractivity contribution is -0.161. The Kier molecular flexibility index (Phi) is 56.6. The molecule has 7 atom stereocenters. The first-order chi connectivity index (χ1) is 41.7. The Morgan fingerprint density at radius 3 is 0.816 bits per heavy atom. The lowest BCUT2D eigenvalue weighted by Crippen LogP contribution is -2.30. The molecule has 17 nitrogen and oxygen atoms in total. The van der Waals surface area contributed by atoms with Gasteiger partial charge in [0.25, 0.3) is 0 Å². The summed E-state index contributed by atoms with van der Waals surface area (Å²) in [6.07, 6.45) is 39.1. The molecule has 0 spiro atoms. The minimum atomic E-state index is -4.95. The predicted molar refractivity (Wildman–Crippen MR) is 349 cm³/mol. The molecule has 0 aromatic heterocycles. The molecule has 0 bridgehead atoms. The van der Waals surface area contributed by atoms with Crippen molar-refractivity contribution in [2.24, 2.45) is 23.7 Å². The minimum Gasteiger partial charge on any atom is -0.462 e. The normalized spacial score (nSPS) is 15.0. The number of hydrogen-bond acceptors (Lipinski definition) is 15. The number of carbonyl (C=O) groups is 4. The maximum absolute atomic E-state index is 13.0. The van der Waals surface area contributed by atoms with Crippen molar-refractivity contribution in [3.05, 3.63) is 0 Å². The summed E-state index contributed by atoms with van der Waals surface area (Å²) < 4.78 is 68.2. The average molecular weight is 1280 g/mol. The van der Waals surface area contributed by atoms with Crippen molar-refractivity contribution in [1.82, 2.24) is 0 Å². The highest BCUT2D eigenvalue weighted by atomic mass is 31.2. The van der Waals surface area contributed by atoms with Gasteiger partial charge in [-0.25, -0.2) is 9.13 Å². The Labute approximate surface area is 530 Å². The molecule has 0 fully saturated rings. The Morgan fingerprint density at radius 2 is 0.552 bits per heavy atom. The maximum Gasteiger partial charge on any atom is 0.472 e. The number of ether oxygens (including phenoxy) is 4. The van der Waals surface area contributed by atoms with Crippen LogP contribution >= 0.6 is 15.6 Å². The van der Waals surface area contributed by atoms with Crippen molar-refractivity contribution in [3.63, 3.8) is 0 Å². The van der Waals surface area contributed by atoms with Gasteiger partial charge < -0.3 is 33.8 Å². The number of carbonyl (C=O) groups excluding carboxylic acids is 4. The van der Waals surface area contributed by atoms with Gasteiger partial charge in [0, 0.05) is 25.7 Å². The number of phosphoric acid groups is 2. The summed E-state index contributed by atoms with van der Waals surface area (Å²) in [7, 11) is -9.90. The summed E-state index contributed by atoms with van der Waals surface area (Å²) in [5.41, 5.74) is 0. The van der Waals surface area contributed by atoms with Crippen LogP contribution in [-0.2, 0) is 65.4 Å². The van der Waals surface area contributed by atoms with Crippen LogP contribution in [-0.4, -0.2) is 96.7 Å². The highest BCUT2D eigenvalue weighted by Crippen LogP contribution is 2.45. The number of phosphoric ester groups is 2. The SMILES string of the molecule is CCC(C)CCCCCCCCCCC(=O)O[C@H](COC(=O)CCCCCCCCC(C)C)COP(=O)(O)OC[C@H](O)COP(=O)(O)OC[C@@H](COC(=O)CCCCCCCCC(C)CC)OC(=O)CCCCCCCCCCCCCCCC(C)C. The van der Waals surface area contributed by atoms with E-state index in [1.807, 2.05) is 0 Å². The van der Waals surface area contributed by atoms with Crippen molar-refractivity contribution in [1.29, 1.82) is 0 Å². The van der Waals surface area contributed by atoms with E-state index in [1.54, 1.807) is 0 Å². The highest BCUT2D eigenvalue weighted by molar-refractivity contribution is 7.47. The molecule has 0 rings (SSSR count). The molecule has 0 heterocycles. The van der Waals surface area contributed by atoms with Crippen LogP contribution in [0.2, 0.25) is 0 Å². The van der Waals surface area contributed by atoms with Gasteiger partial charge in [0.05, 0.1) is 26.4 Å². The molecule has 0 radical (unpaired) electrons. The number of aliphatic hydroxyl groups is 1. The van der Waals surface area contributed by atoms with E-state index in [0.29, 0.717) is 31.6 Å². The van der Waals surface area contributed by atoms with Gasteiger partial charge in [0.2, 0.25) is 0 Å². The van der Waals surface area contributed by atoms with E-state index >= 15 is 0 Å². The largest absolute Gasteiger partial charge is 0.472 e. The van der Waals surface area contributed by atoms with E-state index in [4.69, 9.17) is 37.0 Å². The molecule has 4 unspecified atom stereocenters. The quantitative estimate of drug-likeness (QED) is 0.0222. The minimum absolute atomic E-state index is 0.103. The third-order valence-electron chi connectivity index (χ3n) is 16.3. The molecule has 0 aromatic carbocycles. The second-order valence-electron chi connectivity index (χ2n) is 26.0. The molecule has 0 aromatic rings. The standard InChI is InChI=1S/C68H132O17P2/c1-9-60(7)46-38-30-21-18-19-23-35-43-51-68(73)85-63(54-78-65(70)48-40-32-26-24-29-37-45-59(5)6)56-82-86(74,75)80-52-62(69)53-81-87(76,77)83-57-64(55-79-66(71)49-41-33-27-25-31-39-47-61(8)10-2)84-67(72)50-42-34-22-17-15-13-11-12-14-16-20-28-36-44-58(3)4/h58-64,69H,9-57H2,1-8H3,(H,74,75)(H,76,77)/t60?,61?,62-,63+,64+/m0/s1. The number of hydrogen-bond donors (Lipinski definition) is 3. The van der Waals surface area contributed by atoms with E-state index in [-0.39, 0.29) is 25.7 Å². The highest BCUT2D eigenvalue weighted by Gasteiger charge is 2.30. The van der Waals surface area contributed by atoms with E-state index in [0.717, 1.165) is 120 Å². The zero-order valence-corrected chi connectivity index (χ0v) is 58.4. The van der Waals surface area contributed by atoms with Crippen molar-refractivity contribution in [2.75, 3.05) is 39.6 Å². The Morgan fingerprint density at radius 1 is 0.322 bits per heavy atom. The van der Waals surface area contributed by atoms with Gasteiger partial charge in [-0.1, -0.05) is 280 Å². The van der Waals surface area contributed by atoms with Crippen LogP contribution in [0.5, 0.6) is 0 Å². The first-order valence-electron chi connectivity index (χ1n) is 35.3. The molecule has 0 aliphatic heterocycles. The summed E-state index contributed by atoms with van der Waals surface area (Å²) in [5, 5.41) is 10.6. The molecular formula is C68H132O17P2. The number of aliphatic hydroxyl groups excluding tert-OH is 1. The summed E-state index contributed by atoms with van der Waals surface area (Å²) in [6.45, 7) is 14.0. The van der Waals surface area contributed by atoms with Gasteiger partial charge in [0.1, 0.15) is 19.3 Å². The second kappa shape index (κ2) is 57.9. The fraction of sp³-hybridized carbons (Fsp3) is 0.941. The van der Waals surface area contributed by atoms with E-state index < -0.39 is 97.5 Å². The smallest absolute Gasteiger partial charge is 0.462 e. The van der Waals surface area contributed by atoms with Gasteiger partial charge in [0.15, 0.2) is 12.2 Å². The molecule has 3 N–H and O–H groups in total. The van der Waals surface area contributed by atoms with E-state index in [2.05, 4.69) is 55.4 Å². The number of rotatable bonds is 65. The summed E-state index contributed by atoms with van der Waals surface area (Å²) in [6, 6.07) is 0. The monoisotopic (exact) mass is 1280 g/mol. The molecule has 0 amide bonds. The van der Waals surface area contributed by atoms with Crippen LogP contribution in [0.3, 0.4) is 0 Å². The number of esters is 4. The van der Waals surface area contributed by atoms with Crippen LogP contribution in [0.1, 0.15) is 331 Å². The van der Waals surface area contributed by atoms with Crippen LogP contribution in [0, 0.1) is 23.7 Å². The van der Waals surface area contributed by atoms with Crippen LogP contribution in [0.15, 0.2) is 0 Å². The zero-order chi connectivity index (χ0) is 64.7. The van der Waals surface area contributed by atoms with Gasteiger partial charge in [-0.15, -0.1) is 0 Å². The lowest BCUT2D eigenvalue weighted by Gasteiger charge is -2.21. The zero-order valence-electron chi connectivity index (χ0n) is 56.6.